The van der Waals surface area contributed by atoms with Gasteiger partial charge in [-0.15, -0.1) is 0 Å². The molecule has 2 nitrogen and oxygen atoms in total. The molecule has 2 fully saturated rings. The van der Waals surface area contributed by atoms with Crippen LogP contribution in [0.15, 0.2) is 12.2 Å². The van der Waals surface area contributed by atoms with Gasteiger partial charge in [0.1, 0.15) is 5.78 Å². The van der Waals surface area contributed by atoms with E-state index in [1.165, 1.54) is 0 Å². The van der Waals surface area contributed by atoms with Gasteiger partial charge in [-0.2, -0.15) is 0 Å². The van der Waals surface area contributed by atoms with Gasteiger partial charge in [0.15, 0.2) is 0 Å². The molecule has 2 rings (SSSR count). The molecule has 2 aliphatic carbocycles. The summed E-state index contributed by atoms with van der Waals surface area (Å²) in [6.07, 6.45) is 3.08. The fourth-order valence-corrected chi connectivity index (χ4v) is 3.87. The number of hydrogen-bond acceptors (Lipinski definition) is 2. The monoisotopic (exact) mass is 236 g/mol. The summed E-state index contributed by atoms with van der Waals surface area (Å²) >= 11 is 0. The number of allylic oxidation sites excluding steroid dienone is 1. The molecule has 1 N–H and O–H groups in total. The average Bonchev–Trinajstić information content (AvgIpc) is 2.24. The van der Waals surface area contributed by atoms with Crippen molar-refractivity contribution < 1.29 is 9.90 Å². The third kappa shape index (κ3) is 1.97. The Hall–Kier alpha value is -0.630. The quantitative estimate of drug-likeness (QED) is 0.711. The number of rotatable bonds is 1. The van der Waals surface area contributed by atoms with Crippen LogP contribution in [0.5, 0.6) is 0 Å². The van der Waals surface area contributed by atoms with Crippen LogP contribution in [0, 0.1) is 23.2 Å². The zero-order valence-electron chi connectivity index (χ0n) is 11.2. The van der Waals surface area contributed by atoms with Gasteiger partial charge in [0.05, 0.1) is 6.10 Å². The third-order valence-electron chi connectivity index (χ3n) is 5.38. The lowest BCUT2D eigenvalue weighted by molar-refractivity contribution is -0.143. The fourth-order valence-electron chi connectivity index (χ4n) is 3.87. The van der Waals surface area contributed by atoms with E-state index < -0.39 is 0 Å². The summed E-state index contributed by atoms with van der Waals surface area (Å²) < 4.78 is 0. The smallest absolute Gasteiger partial charge is 0.137 e. The zero-order chi connectivity index (χ0) is 12.8. The Labute approximate surface area is 104 Å². The molecule has 0 aliphatic heterocycles. The number of ketones is 1. The van der Waals surface area contributed by atoms with E-state index in [4.69, 9.17) is 0 Å². The molecule has 17 heavy (non-hydrogen) atoms. The van der Waals surface area contributed by atoms with Crippen molar-refractivity contribution >= 4 is 5.78 Å². The molecule has 5 atom stereocenters. The van der Waals surface area contributed by atoms with Gasteiger partial charge < -0.3 is 5.11 Å². The van der Waals surface area contributed by atoms with Crippen LogP contribution in [-0.2, 0) is 4.79 Å². The van der Waals surface area contributed by atoms with E-state index >= 15 is 0 Å². The van der Waals surface area contributed by atoms with Crippen LogP contribution in [-0.4, -0.2) is 17.0 Å². The summed E-state index contributed by atoms with van der Waals surface area (Å²) in [7, 11) is 0. The van der Waals surface area contributed by atoms with Gasteiger partial charge in [-0.1, -0.05) is 26.0 Å². The zero-order valence-corrected chi connectivity index (χ0v) is 11.2. The van der Waals surface area contributed by atoms with E-state index in [0.717, 1.165) is 24.8 Å². The lowest BCUT2D eigenvalue weighted by atomic mass is 9.52. The molecule has 0 bridgehead atoms. The predicted octanol–water partition coefficient (Wildman–Crippen LogP) is 2.95. The van der Waals surface area contributed by atoms with E-state index in [-0.39, 0.29) is 23.4 Å². The number of carbonyl (C=O) groups is 1. The van der Waals surface area contributed by atoms with E-state index in [2.05, 4.69) is 20.4 Å². The van der Waals surface area contributed by atoms with Crippen LogP contribution < -0.4 is 0 Å². The molecule has 0 aromatic rings. The highest BCUT2D eigenvalue weighted by atomic mass is 16.3. The Balaban J connectivity index is 2.30. The van der Waals surface area contributed by atoms with E-state index in [1.807, 2.05) is 6.92 Å². The summed E-state index contributed by atoms with van der Waals surface area (Å²) in [6, 6.07) is 0. The molecule has 0 heterocycles. The Bertz CT molecular complexity index is 347. The van der Waals surface area contributed by atoms with E-state index in [0.29, 0.717) is 18.1 Å². The molecule has 0 aromatic carbocycles. The number of hydrogen-bond donors (Lipinski definition) is 1. The van der Waals surface area contributed by atoms with Crippen molar-refractivity contribution in [1.82, 2.24) is 0 Å². The van der Waals surface area contributed by atoms with Crippen molar-refractivity contribution in [3.05, 3.63) is 12.2 Å². The second kappa shape index (κ2) is 4.24. The maximum atomic E-state index is 12.3. The fraction of sp³-hybridized carbons (Fsp3) is 0.800. The summed E-state index contributed by atoms with van der Waals surface area (Å²) in [5.41, 5.74) is 1.08. The summed E-state index contributed by atoms with van der Waals surface area (Å²) in [5.74, 6) is 1.09. The predicted molar refractivity (Wildman–Crippen MR) is 68.5 cm³/mol. The van der Waals surface area contributed by atoms with Gasteiger partial charge in [0.2, 0.25) is 0 Å². The molecule has 2 saturated carbocycles. The Morgan fingerprint density at radius 2 is 2.12 bits per heavy atom. The number of aliphatic hydroxyl groups is 1. The first-order chi connectivity index (χ1) is 7.86. The number of Topliss-reactive ketones (excluding diaryl/α,β-unsaturated/α-hetero) is 1. The SMILES string of the molecule is C=C(C)C1CC(=O)C2CCC(O)C(C)C2(C)C1. The van der Waals surface area contributed by atoms with Gasteiger partial charge >= 0.3 is 0 Å². The van der Waals surface area contributed by atoms with Crippen molar-refractivity contribution in [2.45, 2.75) is 52.6 Å². The van der Waals surface area contributed by atoms with Crippen LogP contribution in [0.2, 0.25) is 0 Å². The minimum atomic E-state index is -0.243. The van der Waals surface area contributed by atoms with Crippen molar-refractivity contribution in [3.63, 3.8) is 0 Å². The first kappa shape index (κ1) is 12.8. The summed E-state index contributed by atoms with van der Waals surface area (Å²) in [6.45, 7) is 10.3. The molecule has 0 radical (unpaired) electrons. The van der Waals surface area contributed by atoms with Gasteiger partial charge in [-0.05, 0) is 43.4 Å². The topological polar surface area (TPSA) is 37.3 Å². The highest BCUT2D eigenvalue weighted by molar-refractivity contribution is 5.83. The normalized spacial score (nSPS) is 46.5. The van der Waals surface area contributed by atoms with Gasteiger partial charge in [0, 0.05) is 12.3 Å². The lowest BCUT2D eigenvalue weighted by Crippen LogP contribution is -2.51. The molecule has 96 valence electrons. The maximum Gasteiger partial charge on any atom is 0.137 e. The maximum absolute atomic E-state index is 12.3. The van der Waals surface area contributed by atoms with E-state index in [1.54, 1.807) is 0 Å². The molecule has 2 heteroatoms. The van der Waals surface area contributed by atoms with E-state index in [9.17, 15) is 9.90 Å². The molecule has 5 unspecified atom stereocenters. The second-order valence-corrected chi connectivity index (χ2v) is 6.41. The van der Waals surface area contributed by atoms with Crippen LogP contribution in [0.3, 0.4) is 0 Å². The Kier molecular flexibility index (Phi) is 3.19. The molecular formula is C15H24O2. The average molecular weight is 236 g/mol. The van der Waals surface area contributed by atoms with Crippen molar-refractivity contribution in [1.29, 1.82) is 0 Å². The standard InChI is InChI=1S/C15H24O2/c1-9(2)11-7-14(17)12-5-6-13(16)10(3)15(12,4)8-11/h10-13,16H,1,5-8H2,2-4H3. The van der Waals surface area contributed by atoms with Gasteiger partial charge in [0.25, 0.3) is 0 Å². The van der Waals surface area contributed by atoms with Crippen molar-refractivity contribution in [3.8, 4) is 0 Å². The van der Waals surface area contributed by atoms with Crippen LogP contribution in [0.1, 0.15) is 46.5 Å². The first-order valence-electron chi connectivity index (χ1n) is 6.72. The molecule has 0 amide bonds. The van der Waals surface area contributed by atoms with Crippen LogP contribution in [0.25, 0.3) is 0 Å². The van der Waals surface area contributed by atoms with Gasteiger partial charge in [-0.3, -0.25) is 4.79 Å². The summed E-state index contributed by atoms with van der Waals surface area (Å²) in [5, 5.41) is 10.1. The lowest BCUT2D eigenvalue weighted by Gasteiger charge is -2.52. The van der Waals surface area contributed by atoms with Gasteiger partial charge in [-0.25, -0.2) is 0 Å². The highest BCUT2D eigenvalue weighted by Gasteiger charge is 2.52. The molecule has 0 aromatic heterocycles. The van der Waals surface area contributed by atoms with Crippen LogP contribution >= 0.6 is 0 Å². The molecule has 2 aliphatic rings. The van der Waals surface area contributed by atoms with Crippen LogP contribution in [0.4, 0.5) is 0 Å². The van der Waals surface area contributed by atoms with Crippen molar-refractivity contribution in [2.75, 3.05) is 0 Å². The Morgan fingerprint density at radius 1 is 1.47 bits per heavy atom. The minimum Gasteiger partial charge on any atom is -0.393 e. The summed E-state index contributed by atoms with van der Waals surface area (Å²) in [4.78, 5) is 12.3. The number of fused-ring (bicyclic) bond motifs is 1. The number of aliphatic hydroxyl groups excluding tert-OH is 1. The Morgan fingerprint density at radius 3 is 2.71 bits per heavy atom. The van der Waals surface area contributed by atoms with Crippen molar-refractivity contribution in [2.24, 2.45) is 23.2 Å². The third-order valence-corrected chi connectivity index (χ3v) is 5.38. The minimum absolute atomic E-state index is 0.0311. The molecule has 0 spiro atoms. The number of carbonyl (C=O) groups excluding carboxylic acids is 1. The highest BCUT2D eigenvalue weighted by Crippen LogP contribution is 2.54. The second-order valence-electron chi connectivity index (χ2n) is 6.41. The molecular weight excluding hydrogens is 212 g/mol. The largest absolute Gasteiger partial charge is 0.393 e. The molecule has 0 saturated heterocycles. The first-order valence-corrected chi connectivity index (χ1v) is 6.72.